The Labute approximate surface area is 72.7 Å². The average Bonchev–Trinajstić information content (AvgIpc) is 2.04. The van der Waals surface area contributed by atoms with Crippen LogP contribution in [0.15, 0.2) is 0 Å². The number of methoxy groups -OCH3 is 1. The van der Waals surface area contributed by atoms with E-state index in [0.717, 1.165) is 25.7 Å². The average molecular weight is 172 g/mol. The summed E-state index contributed by atoms with van der Waals surface area (Å²) in [6.07, 6.45) is 3.99. The Kier molecular flexibility index (Phi) is 3.53. The number of hydrogen-bond donors (Lipinski definition) is 1. The molecular formula is C9H16O3. The highest BCUT2D eigenvalue weighted by molar-refractivity contribution is 5.69. The molecule has 1 N–H and O–H groups in total. The van der Waals surface area contributed by atoms with Crippen LogP contribution in [0.25, 0.3) is 0 Å². The van der Waals surface area contributed by atoms with Crippen LogP contribution in [-0.4, -0.2) is 24.3 Å². The molecule has 3 heteroatoms. The van der Waals surface area contributed by atoms with Gasteiger partial charge in [0.05, 0.1) is 13.2 Å². The minimum Gasteiger partial charge on any atom is -0.469 e. The van der Waals surface area contributed by atoms with Gasteiger partial charge < -0.3 is 9.84 Å². The number of rotatable bonds is 2. The summed E-state index contributed by atoms with van der Waals surface area (Å²) in [4.78, 5) is 10.9. The minimum atomic E-state index is -0.201. The molecule has 1 rings (SSSR count). The Morgan fingerprint density at radius 2 is 2.33 bits per heavy atom. The maximum absolute atomic E-state index is 10.9. The summed E-state index contributed by atoms with van der Waals surface area (Å²) >= 11 is 0. The fraction of sp³-hybridized carbons (Fsp3) is 0.889. The Morgan fingerprint density at radius 1 is 1.58 bits per heavy atom. The molecule has 0 aromatic rings. The highest BCUT2D eigenvalue weighted by atomic mass is 16.5. The molecule has 0 radical (unpaired) electrons. The van der Waals surface area contributed by atoms with Crippen molar-refractivity contribution in [1.82, 2.24) is 0 Å². The maximum Gasteiger partial charge on any atom is 0.305 e. The first-order chi connectivity index (χ1) is 5.72. The molecule has 0 amide bonds. The Balaban J connectivity index is 2.27. The summed E-state index contributed by atoms with van der Waals surface area (Å²) in [5.74, 6) is 0.176. The van der Waals surface area contributed by atoms with Gasteiger partial charge in [-0.15, -0.1) is 0 Å². The van der Waals surface area contributed by atoms with Crippen LogP contribution in [0.4, 0.5) is 0 Å². The van der Waals surface area contributed by atoms with Crippen molar-refractivity contribution in [3.8, 4) is 0 Å². The van der Waals surface area contributed by atoms with Gasteiger partial charge in [-0.1, -0.05) is 6.42 Å². The zero-order valence-corrected chi connectivity index (χ0v) is 7.45. The van der Waals surface area contributed by atoms with Crippen LogP contribution in [0.5, 0.6) is 0 Å². The molecule has 0 heterocycles. The first kappa shape index (κ1) is 9.52. The molecular weight excluding hydrogens is 156 g/mol. The van der Waals surface area contributed by atoms with Gasteiger partial charge in [0, 0.05) is 6.42 Å². The lowest BCUT2D eigenvalue weighted by Gasteiger charge is -2.24. The second-order valence-electron chi connectivity index (χ2n) is 3.47. The van der Waals surface area contributed by atoms with Crippen molar-refractivity contribution < 1.29 is 14.6 Å². The van der Waals surface area contributed by atoms with E-state index in [2.05, 4.69) is 4.74 Å². The van der Waals surface area contributed by atoms with E-state index < -0.39 is 0 Å². The van der Waals surface area contributed by atoms with Crippen LogP contribution in [0, 0.1) is 5.92 Å². The number of esters is 1. The third-order valence-corrected chi connectivity index (χ3v) is 2.44. The number of hydrogen-bond acceptors (Lipinski definition) is 3. The highest BCUT2D eigenvalue weighted by Gasteiger charge is 2.22. The van der Waals surface area contributed by atoms with Gasteiger partial charge in [0.25, 0.3) is 0 Å². The fourth-order valence-electron chi connectivity index (χ4n) is 1.77. The van der Waals surface area contributed by atoms with E-state index in [-0.39, 0.29) is 12.1 Å². The van der Waals surface area contributed by atoms with Crippen molar-refractivity contribution >= 4 is 5.97 Å². The summed E-state index contributed by atoms with van der Waals surface area (Å²) in [6.45, 7) is 0. The van der Waals surface area contributed by atoms with Crippen LogP contribution in [0.3, 0.4) is 0 Å². The summed E-state index contributed by atoms with van der Waals surface area (Å²) in [7, 11) is 1.40. The van der Waals surface area contributed by atoms with Gasteiger partial charge in [-0.05, 0) is 25.2 Å². The molecule has 0 saturated heterocycles. The molecule has 12 heavy (non-hydrogen) atoms. The quantitative estimate of drug-likeness (QED) is 0.634. The fourth-order valence-corrected chi connectivity index (χ4v) is 1.77. The van der Waals surface area contributed by atoms with Crippen molar-refractivity contribution in [1.29, 1.82) is 0 Å². The SMILES string of the molecule is COC(=O)C[C@H]1CCC[C@@H](O)C1. The van der Waals surface area contributed by atoms with Gasteiger partial charge in [0.1, 0.15) is 0 Å². The smallest absolute Gasteiger partial charge is 0.305 e. The topological polar surface area (TPSA) is 46.5 Å². The molecule has 1 aliphatic carbocycles. The van der Waals surface area contributed by atoms with Crippen molar-refractivity contribution in [2.45, 2.75) is 38.2 Å². The molecule has 0 unspecified atom stereocenters. The van der Waals surface area contributed by atoms with Crippen molar-refractivity contribution in [2.24, 2.45) is 5.92 Å². The lowest BCUT2D eigenvalue weighted by Crippen LogP contribution is -2.22. The van der Waals surface area contributed by atoms with E-state index >= 15 is 0 Å². The minimum absolute atomic E-state index is 0.158. The predicted molar refractivity (Wildman–Crippen MR) is 44.6 cm³/mol. The third kappa shape index (κ3) is 2.81. The summed E-state index contributed by atoms with van der Waals surface area (Å²) < 4.78 is 4.57. The molecule has 0 spiro atoms. The van der Waals surface area contributed by atoms with E-state index in [1.807, 2.05) is 0 Å². The molecule has 0 aromatic heterocycles. The second-order valence-corrected chi connectivity index (χ2v) is 3.47. The lowest BCUT2D eigenvalue weighted by atomic mass is 9.85. The monoisotopic (exact) mass is 172 g/mol. The number of aliphatic hydroxyl groups is 1. The maximum atomic E-state index is 10.9. The van der Waals surface area contributed by atoms with Crippen molar-refractivity contribution in [3.63, 3.8) is 0 Å². The van der Waals surface area contributed by atoms with Gasteiger partial charge in [0.15, 0.2) is 0 Å². The highest BCUT2D eigenvalue weighted by Crippen LogP contribution is 2.26. The molecule has 0 bridgehead atoms. The molecule has 70 valence electrons. The molecule has 1 fully saturated rings. The molecule has 1 aliphatic rings. The molecule has 2 atom stereocenters. The molecule has 1 saturated carbocycles. The van der Waals surface area contributed by atoms with E-state index in [0.29, 0.717) is 12.3 Å². The summed E-state index contributed by atoms with van der Waals surface area (Å²) in [6, 6.07) is 0. The third-order valence-electron chi connectivity index (χ3n) is 2.44. The summed E-state index contributed by atoms with van der Waals surface area (Å²) in [5.41, 5.74) is 0. The van der Waals surface area contributed by atoms with Gasteiger partial charge in [-0.25, -0.2) is 0 Å². The van der Waals surface area contributed by atoms with E-state index in [1.165, 1.54) is 7.11 Å². The molecule has 3 nitrogen and oxygen atoms in total. The van der Waals surface area contributed by atoms with Gasteiger partial charge in [-0.3, -0.25) is 4.79 Å². The zero-order valence-electron chi connectivity index (χ0n) is 7.45. The molecule has 0 aromatic carbocycles. The number of carbonyl (C=O) groups excluding carboxylic acids is 1. The van der Waals surface area contributed by atoms with Crippen molar-refractivity contribution in [3.05, 3.63) is 0 Å². The van der Waals surface area contributed by atoms with E-state index in [4.69, 9.17) is 0 Å². The van der Waals surface area contributed by atoms with Crippen LogP contribution in [0.1, 0.15) is 32.1 Å². The first-order valence-electron chi connectivity index (χ1n) is 4.47. The van der Waals surface area contributed by atoms with E-state index in [1.54, 1.807) is 0 Å². The standard InChI is InChI=1S/C9H16O3/c1-12-9(11)6-7-3-2-4-8(10)5-7/h7-8,10H,2-6H2,1H3/t7-,8+/m0/s1. The first-order valence-corrected chi connectivity index (χ1v) is 4.47. The lowest BCUT2D eigenvalue weighted by molar-refractivity contribution is -0.142. The zero-order chi connectivity index (χ0) is 8.97. The van der Waals surface area contributed by atoms with Crippen LogP contribution in [0.2, 0.25) is 0 Å². The van der Waals surface area contributed by atoms with Gasteiger partial charge in [0.2, 0.25) is 0 Å². The van der Waals surface area contributed by atoms with Gasteiger partial charge >= 0.3 is 5.97 Å². The Hall–Kier alpha value is -0.570. The number of aliphatic hydroxyl groups excluding tert-OH is 1. The largest absolute Gasteiger partial charge is 0.469 e. The Bertz CT molecular complexity index is 156. The van der Waals surface area contributed by atoms with Crippen molar-refractivity contribution in [2.75, 3.05) is 7.11 Å². The Morgan fingerprint density at radius 3 is 2.92 bits per heavy atom. The molecule has 0 aliphatic heterocycles. The number of ether oxygens (including phenoxy) is 1. The van der Waals surface area contributed by atoms with Crippen LogP contribution >= 0.6 is 0 Å². The predicted octanol–water partition coefficient (Wildman–Crippen LogP) is 1.10. The number of carbonyl (C=O) groups is 1. The van der Waals surface area contributed by atoms with Crippen LogP contribution < -0.4 is 0 Å². The van der Waals surface area contributed by atoms with E-state index in [9.17, 15) is 9.90 Å². The normalized spacial score (nSPS) is 29.8. The van der Waals surface area contributed by atoms with Crippen LogP contribution in [-0.2, 0) is 9.53 Å². The van der Waals surface area contributed by atoms with Gasteiger partial charge in [-0.2, -0.15) is 0 Å². The second kappa shape index (κ2) is 4.45. The summed E-state index contributed by atoms with van der Waals surface area (Å²) in [5, 5.41) is 9.31.